The summed E-state index contributed by atoms with van der Waals surface area (Å²) in [5, 5.41) is 3.05. The third-order valence-corrected chi connectivity index (χ3v) is 4.19. The predicted octanol–water partition coefficient (Wildman–Crippen LogP) is 2.73. The zero-order valence-electron chi connectivity index (χ0n) is 12.9. The first-order chi connectivity index (χ1) is 9.37. The summed E-state index contributed by atoms with van der Waals surface area (Å²) >= 11 is 0. The number of ether oxygens (including phenoxy) is 1. The zero-order chi connectivity index (χ0) is 14.9. The number of carbonyl (C=O) groups excluding carboxylic acids is 1. The fourth-order valence-corrected chi connectivity index (χ4v) is 2.68. The summed E-state index contributed by atoms with van der Waals surface area (Å²) in [4.78, 5) is 16.4. The lowest BCUT2D eigenvalue weighted by atomic mass is 9.64. The molecule has 1 saturated carbocycles. The van der Waals surface area contributed by atoms with E-state index in [9.17, 15) is 4.79 Å². The highest BCUT2D eigenvalue weighted by molar-refractivity contribution is 5.93. The van der Waals surface area contributed by atoms with E-state index in [0.29, 0.717) is 18.1 Å². The Balaban J connectivity index is 2.01. The van der Waals surface area contributed by atoms with Crippen molar-refractivity contribution in [3.05, 3.63) is 17.8 Å². The van der Waals surface area contributed by atoms with E-state index in [1.165, 1.54) is 6.39 Å². The second-order valence-corrected chi connectivity index (χ2v) is 6.25. The Morgan fingerprint density at radius 3 is 2.85 bits per heavy atom. The van der Waals surface area contributed by atoms with Crippen molar-refractivity contribution in [1.82, 2.24) is 10.3 Å². The minimum Gasteiger partial charge on any atom is -0.447 e. The van der Waals surface area contributed by atoms with E-state index >= 15 is 0 Å². The molecule has 0 radical (unpaired) electrons. The van der Waals surface area contributed by atoms with Crippen LogP contribution in [0.4, 0.5) is 0 Å². The van der Waals surface area contributed by atoms with Gasteiger partial charge in [-0.1, -0.05) is 27.7 Å². The molecular formula is C15H24N2O3. The average Bonchev–Trinajstić information content (AvgIpc) is 2.86. The van der Waals surface area contributed by atoms with Crippen LogP contribution in [0.5, 0.6) is 0 Å². The third kappa shape index (κ3) is 2.59. The smallest absolute Gasteiger partial charge is 0.273 e. The van der Waals surface area contributed by atoms with Gasteiger partial charge in [-0.05, 0) is 13.3 Å². The molecule has 20 heavy (non-hydrogen) atoms. The number of nitrogens with zero attached hydrogens (tertiary/aromatic N) is 1. The molecule has 1 N–H and O–H groups in total. The summed E-state index contributed by atoms with van der Waals surface area (Å²) < 4.78 is 11.0. The molecular weight excluding hydrogens is 256 g/mol. The first-order valence-electron chi connectivity index (χ1n) is 7.23. The topological polar surface area (TPSA) is 64.4 Å². The number of oxazole rings is 1. The molecule has 0 unspecified atom stereocenters. The summed E-state index contributed by atoms with van der Waals surface area (Å²) in [6, 6.07) is 0.114. The Morgan fingerprint density at radius 2 is 2.30 bits per heavy atom. The van der Waals surface area contributed by atoms with Crippen molar-refractivity contribution in [2.24, 2.45) is 5.41 Å². The maximum atomic E-state index is 12.3. The second-order valence-electron chi connectivity index (χ2n) is 6.25. The van der Waals surface area contributed by atoms with Gasteiger partial charge < -0.3 is 14.5 Å². The summed E-state index contributed by atoms with van der Waals surface area (Å²) in [6.45, 7) is 10.9. The number of hydrogen-bond donors (Lipinski definition) is 1. The molecule has 2 atom stereocenters. The summed E-state index contributed by atoms with van der Waals surface area (Å²) in [7, 11) is 0. The van der Waals surface area contributed by atoms with E-state index in [1.54, 1.807) is 0 Å². The number of carbonyl (C=O) groups is 1. The number of rotatable bonds is 5. The zero-order valence-corrected chi connectivity index (χ0v) is 12.9. The van der Waals surface area contributed by atoms with Gasteiger partial charge in [-0.25, -0.2) is 4.98 Å². The van der Waals surface area contributed by atoms with E-state index in [0.717, 1.165) is 6.42 Å². The normalized spacial score (nSPS) is 24.5. The lowest BCUT2D eigenvalue weighted by molar-refractivity contribution is -0.111. The maximum absolute atomic E-state index is 12.3. The molecule has 0 spiro atoms. The monoisotopic (exact) mass is 280 g/mol. The Morgan fingerprint density at radius 1 is 1.60 bits per heavy atom. The van der Waals surface area contributed by atoms with Gasteiger partial charge in [0.15, 0.2) is 12.1 Å². The van der Waals surface area contributed by atoms with Crippen LogP contribution in [0.3, 0.4) is 0 Å². The van der Waals surface area contributed by atoms with E-state index in [1.807, 2.05) is 20.8 Å². The molecule has 1 aromatic rings. The molecule has 0 aromatic carbocycles. The first kappa shape index (κ1) is 15.0. The van der Waals surface area contributed by atoms with Gasteiger partial charge in [0.05, 0.1) is 6.10 Å². The van der Waals surface area contributed by atoms with Crippen molar-refractivity contribution in [3.8, 4) is 0 Å². The molecule has 1 fully saturated rings. The van der Waals surface area contributed by atoms with Crippen LogP contribution >= 0.6 is 0 Å². The van der Waals surface area contributed by atoms with Gasteiger partial charge in [0.2, 0.25) is 0 Å². The standard InChI is InChI=1S/C15H24N2O3/c1-6-19-11-7-10(15(11,4)5)17-14(18)12-13(9(2)3)20-8-16-12/h8-11H,6-7H2,1-5H3,(H,17,18)/t10-,11+/m1/s1. The van der Waals surface area contributed by atoms with Gasteiger partial charge in [-0.15, -0.1) is 0 Å². The Bertz CT molecular complexity index is 479. The molecule has 2 rings (SSSR count). The molecule has 1 aliphatic carbocycles. The lowest BCUT2D eigenvalue weighted by Gasteiger charge is -2.51. The van der Waals surface area contributed by atoms with Gasteiger partial charge in [-0.2, -0.15) is 0 Å². The lowest BCUT2D eigenvalue weighted by Crippen LogP contribution is -2.62. The van der Waals surface area contributed by atoms with Crippen LogP contribution < -0.4 is 5.32 Å². The van der Waals surface area contributed by atoms with E-state index in [4.69, 9.17) is 9.15 Å². The Kier molecular flexibility index (Phi) is 4.18. The minimum absolute atomic E-state index is 0.0482. The summed E-state index contributed by atoms with van der Waals surface area (Å²) in [5.74, 6) is 0.625. The molecule has 1 aromatic heterocycles. The molecule has 1 heterocycles. The highest BCUT2D eigenvalue weighted by atomic mass is 16.5. The van der Waals surface area contributed by atoms with Crippen LogP contribution in [0.2, 0.25) is 0 Å². The second kappa shape index (κ2) is 5.56. The first-order valence-corrected chi connectivity index (χ1v) is 7.23. The largest absolute Gasteiger partial charge is 0.447 e. The molecule has 112 valence electrons. The summed E-state index contributed by atoms with van der Waals surface area (Å²) in [6.07, 6.45) is 2.39. The van der Waals surface area contributed by atoms with Crippen LogP contribution in [0, 0.1) is 5.41 Å². The molecule has 5 nitrogen and oxygen atoms in total. The molecule has 0 bridgehead atoms. The molecule has 0 aliphatic heterocycles. The maximum Gasteiger partial charge on any atom is 0.273 e. The van der Waals surface area contributed by atoms with Crippen LogP contribution in [0.25, 0.3) is 0 Å². The van der Waals surface area contributed by atoms with Crippen LogP contribution in [-0.2, 0) is 4.74 Å². The van der Waals surface area contributed by atoms with Crippen molar-refractivity contribution in [2.45, 2.75) is 59.1 Å². The van der Waals surface area contributed by atoms with Gasteiger partial charge >= 0.3 is 0 Å². The predicted molar refractivity (Wildman–Crippen MR) is 75.7 cm³/mol. The van der Waals surface area contributed by atoms with E-state index in [2.05, 4.69) is 24.1 Å². The van der Waals surface area contributed by atoms with Crippen molar-refractivity contribution >= 4 is 5.91 Å². The number of amides is 1. The molecule has 5 heteroatoms. The molecule has 1 aliphatic rings. The Hall–Kier alpha value is -1.36. The Labute approximate surface area is 120 Å². The SMILES string of the molecule is CCO[C@H]1C[C@@H](NC(=O)c2ncoc2C(C)C)C1(C)C. The number of aromatic nitrogens is 1. The molecule has 1 amide bonds. The van der Waals surface area contributed by atoms with Crippen LogP contribution in [-0.4, -0.2) is 29.6 Å². The third-order valence-electron chi connectivity index (χ3n) is 4.19. The summed E-state index contributed by atoms with van der Waals surface area (Å²) in [5.41, 5.74) is 0.351. The molecule has 0 saturated heterocycles. The van der Waals surface area contributed by atoms with Crippen molar-refractivity contribution in [1.29, 1.82) is 0 Å². The van der Waals surface area contributed by atoms with Gasteiger partial charge in [0.1, 0.15) is 5.76 Å². The highest BCUT2D eigenvalue weighted by Gasteiger charge is 2.49. The quantitative estimate of drug-likeness (QED) is 0.900. The van der Waals surface area contributed by atoms with E-state index < -0.39 is 0 Å². The van der Waals surface area contributed by atoms with E-state index in [-0.39, 0.29) is 29.4 Å². The van der Waals surface area contributed by atoms with Crippen molar-refractivity contribution in [2.75, 3.05) is 6.61 Å². The number of nitrogens with one attached hydrogen (secondary N) is 1. The fourth-order valence-electron chi connectivity index (χ4n) is 2.68. The fraction of sp³-hybridized carbons (Fsp3) is 0.733. The van der Waals surface area contributed by atoms with Crippen molar-refractivity contribution in [3.63, 3.8) is 0 Å². The van der Waals surface area contributed by atoms with Crippen molar-refractivity contribution < 1.29 is 13.9 Å². The van der Waals surface area contributed by atoms with Crippen LogP contribution in [0.1, 0.15) is 63.2 Å². The average molecular weight is 280 g/mol. The van der Waals surface area contributed by atoms with Gasteiger partial charge in [0, 0.05) is 24.0 Å². The van der Waals surface area contributed by atoms with Crippen LogP contribution in [0.15, 0.2) is 10.8 Å². The highest BCUT2D eigenvalue weighted by Crippen LogP contribution is 2.42. The minimum atomic E-state index is -0.157. The number of hydrogen-bond acceptors (Lipinski definition) is 4. The van der Waals surface area contributed by atoms with Gasteiger partial charge in [0.25, 0.3) is 5.91 Å². The van der Waals surface area contributed by atoms with Gasteiger partial charge in [-0.3, -0.25) is 4.79 Å².